The van der Waals surface area contributed by atoms with Crippen molar-refractivity contribution < 1.29 is 24.1 Å². The highest BCUT2D eigenvalue weighted by Gasteiger charge is 2.54. The first-order valence-corrected chi connectivity index (χ1v) is 15.3. The number of nitrogens with one attached hydrogen (secondary N) is 1. The van der Waals surface area contributed by atoms with E-state index in [2.05, 4.69) is 11.4 Å². The number of hydrogen-bond acceptors (Lipinski definition) is 6. The molecule has 7 nitrogen and oxygen atoms in total. The Bertz CT molecular complexity index is 1500. The molecule has 0 spiro atoms. The van der Waals surface area contributed by atoms with Gasteiger partial charge in [0.25, 0.3) is 0 Å². The van der Waals surface area contributed by atoms with E-state index in [9.17, 15) is 9.90 Å². The van der Waals surface area contributed by atoms with Crippen LogP contribution in [-0.4, -0.2) is 47.2 Å². The van der Waals surface area contributed by atoms with Gasteiger partial charge in [-0.25, -0.2) is 9.36 Å². The SMILES string of the molecule is CC(C)(C)OC(=O)n1c2c(c3ccccc31)C1CC(O)C(CCN1)C2(COCc1ccccc1)COCc1ccccc1. The van der Waals surface area contributed by atoms with Crippen LogP contribution in [0.4, 0.5) is 4.79 Å². The first-order chi connectivity index (χ1) is 20.8. The summed E-state index contributed by atoms with van der Waals surface area (Å²) in [6, 6.07) is 28.1. The lowest BCUT2D eigenvalue weighted by Crippen LogP contribution is -2.51. The van der Waals surface area contributed by atoms with Crippen molar-refractivity contribution in [3.8, 4) is 0 Å². The van der Waals surface area contributed by atoms with Crippen LogP contribution in [0.5, 0.6) is 0 Å². The Labute approximate surface area is 253 Å². The van der Waals surface area contributed by atoms with Crippen LogP contribution in [-0.2, 0) is 32.8 Å². The fraction of sp³-hybridized carbons (Fsp3) is 0.417. The van der Waals surface area contributed by atoms with E-state index in [1.807, 2.05) is 99.6 Å². The number of ether oxygens (including phenoxy) is 3. The average Bonchev–Trinajstić information content (AvgIpc) is 3.16. The second-order valence-electron chi connectivity index (χ2n) is 12.9. The van der Waals surface area contributed by atoms with Crippen molar-refractivity contribution in [1.29, 1.82) is 0 Å². The average molecular weight is 583 g/mol. The molecule has 2 N–H and O–H groups in total. The molecule has 1 fully saturated rings. The Balaban J connectivity index is 1.53. The van der Waals surface area contributed by atoms with Gasteiger partial charge in [-0.1, -0.05) is 78.9 Å². The lowest BCUT2D eigenvalue weighted by atomic mass is 9.69. The minimum absolute atomic E-state index is 0.131. The summed E-state index contributed by atoms with van der Waals surface area (Å²) in [5.41, 5.74) is 3.24. The second kappa shape index (κ2) is 12.2. The molecular formula is C36H42N2O5. The fourth-order valence-corrected chi connectivity index (χ4v) is 6.98. The summed E-state index contributed by atoms with van der Waals surface area (Å²) in [6.07, 6.45) is 0.212. The van der Waals surface area contributed by atoms with Crippen LogP contribution in [0, 0.1) is 5.92 Å². The van der Waals surface area contributed by atoms with Gasteiger partial charge < -0.3 is 24.6 Å². The molecule has 4 aromatic rings. The predicted molar refractivity (Wildman–Crippen MR) is 167 cm³/mol. The molecule has 2 bridgehead atoms. The zero-order chi connectivity index (χ0) is 30.0. The van der Waals surface area contributed by atoms with E-state index in [1.54, 1.807) is 4.57 Å². The third-order valence-corrected chi connectivity index (χ3v) is 8.75. The Kier molecular flexibility index (Phi) is 8.42. The highest BCUT2D eigenvalue weighted by Crippen LogP contribution is 2.51. The molecule has 1 aliphatic heterocycles. The Morgan fingerprint density at radius 3 is 2.09 bits per heavy atom. The number of aliphatic hydroxyl groups excluding tert-OH is 1. The molecule has 0 saturated carbocycles. The fourth-order valence-electron chi connectivity index (χ4n) is 6.98. The number of para-hydroxylation sites is 1. The molecule has 3 atom stereocenters. The maximum Gasteiger partial charge on any atom is 0.419 e. The molecule has 1 aliphatic carbocycles. The lowest BCUT2D eigenvalue weighted by Gasteiger charge is -2.43. The third kappa shape index (κ3) is 6.00. The van der Waals surface area contributed by atoms with Gasteiger partial charge in [-0.3, -0.25) is 0 Å². The molecule has 0 radical (unpaired) electrons. The zero-order valence-corrected chi connectivity index (χ0v) is 25.3. The van der Waals surface area contributed by atoms with Crippen LogP contribution in [0.2, 0.25) is 0 Å². The van der Waals surface area contributed by atoms with Gasteiger partial charge >= 0.3 is 6.09 Å². The molecule has 2 heterocycles. The van der Waals surface area contributed by atoms with Gasteiger partial charge in [0.2, 0.25) is 0 Å². The third-order valence-electron chi connectivity index (χ3n) is 8.75. The van der Waals surface area contributed by atoms with E-state index in [4.69, 9.17) is 14.2 Å². The summed E-state index contributed by atoms with van der Waals surface area (Å²) in [7, 11) is 0. The van der Waals surface area contributed by atoms with Gasteiger partial charge in [-0.15, -0.1) is 0 Å². The number of fused-ring (bicyclic) bond motifs is 7. The Morgan fingerprint density at radius 2 is 1.49 bits per heavy atom. The van der Waals surface area contributed by atoms with E-state index in [1.165, 1.54) is 0 Å². The summed E-state index contributed by atoms with van der Waals surface area (Å²) in [4.78, 5) is 14.2. The van der Waals surface area contributed by atoms with Crippen molar-refractivity contribution >= 4 is 17.0 Å². The highest BCUT2D eigenvalue weighted by atomic mass is 16.6. The van der Waals surface area contributed by atoms with E-state index in [-0.39, 0.29) is 25.2 Å². The summed E-state index contributed by atoms with van der Waals surface area (Å²) >= 11 is 0. The monoisotopic (exact) mass is 582 g/mol. The standard InChI is InChI=1S/C36H42N2O5/c1-35(2,3)43-34(40)38-30-17-11-10-16-27(30)32-29-20-31(39)28(18-19-37-29)36(33(32)38,23-41-21-25-12-6-4-7-13-25)24-42-22-26-14-8-5-9-15-26/h4-17,28-29,31,37,39H,18-24H2,1-3H3. The van der Waals surface area contributed by atoms with E-state index in [0.29, 0.717) is 19.6 Å². The highest BCUT2D eigenvalue weighted by molar-refractivity contribution is 5.95. The molecule has 6 rings (SSSR count). The molecule has 1 aromatic heterocycles. The van der Waals surface area contributed by atoms with Crippen LogP contribution in [0.25, 0.3) is 10.9 Å². The number of hydrogen-bond donors (Lipinski definition) is 2. The maximum atomic E-state index is 14.2. The number of carbonyl (C=O) groups is 1. The number of nitrogens with zero attached hydrogens (tertiary/aromatic N) is 1. The molecule has 7 heteroatoms. The summed E-state index contributed by atoms with van der Waals surface area (Å²) in [6.45, 7) is 7.77. The number of carbonyl (C=O) groups excluding carboxylic acids is 1. The van der Waals surface area contributed by atoms with Gasteiger partial charge in [-0.05, 0) is 62.9 Å². The van der Waals surface area contributed by atoms with Crippen molar-refractivity contribution in [1.82, 2.24) is 9.88 Å². The van der Waals surface area contributed by atoms with Crippen LogP contribution >= 0.6 is 0 Å². The van der Waals surface area contributed by atoms with Gasteiger partial charge in [-0.2, -0.15) is 0 Å². The largest absolute Gasteiger partial charge is 0.443 e. The molecule has 2 aliphatic rings. The number of benzene rings is 3. The van der Waals surface area contributed by atoms with Crippen molar-refractivity contribution in [2.24, 2.45) is 5.92 Å². The summed E-state index contributed by atoms with van der Waals surface area (Å²) < 4.78 is 20.9. The van der Waals surface area contributed by atoms with Crippen LogP contribution in [0.3, 0.4) is 0 Å². The Hall–Kier alpha value is -3.49. The minimum atomic E-state index is -0.828. The van der Waals surface area contributed by atoms with Crippen molar-refractivity contribution in [2.75, 3.05) is 19.8 Å². The number of rotatable bonds is 8. The molecular weight excluding hydrogens is 540 g/mol. The molecule has 226 valence electrons. The molecule has 0 amide bonds. The number of aliphatic hydroxyl groups is 1. The lowest BCUT2D eigenvalue weighted by molar-refractivity contribution is -0.0544. The smallest absolute Gasteiger partial charge is 0.419 e. The Morgan fingerprint density at radius 1 is 0.907 bits per heavy atom. The predicted octanol–water partition coefficient (Wildman–Crippen LogP) is 6.51. The van der Waals surface area contributed by atoms with Gasteiger partial charge in [0.05, 0.1) is 43.5 Å². The molecule has 3 aromatic carbocycles. The van der Waals surface area contributed by atoms with E-state index in [0.717, 1.165) is 46.3 Å². The quantitative estimate of drug-likeness (QED) is 0.247. The topological polar surface area (TPSA) is 82.0 Å². The van der Waals surface area contributed by atoms with Crippen molar-refractivity contribution in [3.05, 3.63) is 107 Å². The summed E-state index contributed by atoms with van der Waals surface area (Å²) in [5, 5.41) is 16.5. The van der Waals surface area contributed by atoms with Crippen LogP contribution in [0.1, 0.15) is 62.0 Å². The second-order valence-corrected chi connectivity index (χ2v) is 12.9. The van der Waals surface area contributed by atoms with E-state index >= 15 is 0 Å². The summed E-state index contributed by atoms with van der Waals surface area (Å²) in [5.74, 6) is -0.219. The van der Waals surface area contributed by atoms with Gasteiger partial charge in [0.1, 0.15) is 5.60 Å². The van der Waals surface area contributed by atoms with Crippen molar-refractivity contribution in [2.45, 2.75) is 70.0 Å². The van der Waals surface area contributed by atoms with E-state index < -0.39 is 23.2 Å². The first kappa shape index (κ1) is 29.6. The van der Waals surface area contributed by atoms with Crippen LogP contribution < -0.4 is 5.32 Å². The molecule has 3 unspecified atom stereocenters. The van der Waals surface area contributed by atoms with Crippen LogP contribution in [0.15, 0.2) is 84.9 Å². The first-order valence-electron chi connectivity index (χ1n) is 15.3. The molecule has 1 saturated heterocycles. The molecule has 43 heavy (non-hydrogen) atoms. The van der Waals surface area contributed by atoms with Gasteiger partial charge in [0, 0.05) is 23.0 Å². The minimum Gasteiger partial charge on any atom is -0.443 e. The van der Waals surface area contributed by atoms with Gasteiger partial charge in [0.15, 0.2) is 0 Å². The zero-order valence-electron chi connectivity index (χ0n) is 25.3. The van der Waals surface area contributed by atoms with Crippen molar-refractivity contribution in [3.63, 3.8) is 0 Å². The maximum absolute atomic E-state index is 14.2. The normalized spacial score (nSPS) is 21.3. The number of aromatic nitrogens is 1.